The molecule has 1 aliphatic carbocycles. The van der Waals surface area contributed by atoms with Crippen LogP contribution in [0.2, 0.25) is 0 Å². The number of esters is 1. The highest BCUT2D eigenvalue weighted by atomic mass is 16.7. The Labute approximate surface area is 366 Å². The number of Topliss-reactive ketones (excluding diaryl/α,β-unsaturated/α-hetero) is 2. The lowest BCUT2D eigenvalue weighted by Crippen LogP contribution is -2.64. The summed E-state index contributed by atoms with van der Waals surface area (Å²) < 4.78 is 35.8. The van der Waals surface area contributed by atoms with Crippen molar-refractivity contribution >= 4 is 29.5 Å². The summed E-state index contributed by atoms with van der Waals surface area (Å²) in [6.45, 7) is 12.8. The molecule has 0 spiro atoms. The lowest BCUT2D eigenvalue weighted by molar-refractivity contribution is -0.302. The highest BCUT2D eigenvalue weighted by Crippen LogP contribution is 2.39. The number of carbonyl (C=O) groups is 5. The maximum Gasteiger partial charge on any atom is 0.406 e. The van der Waals surface area contributed by atoms with E-state index in [2.05, 4.69) is 11.9 Å². The number of piperidine rings is 1. The van der Waals surface area contributed by atoms with Gasteiger partial charge in [0.1, 0.15) is 30.8 Å². The summed E-state index contributed by atoms with van der Waals surface area (Å²) in [6.07, 6.45) is 3.57. The molecule has 0 aromatic rings. The van der Waals surface area contributed by atoms with Crippen LogP contribution in [0.1, 0.15) is 105 Å². The Balaban J connectivity index is 1.74. The van der Waals surface area contributed by atoms with Crippen LogP contribution in [0, 0.1) is 29.6 Å². The molecule has 4 rings (SSSR count). The Morgan fingerprint density at radius 3 is 2.29 bits per heavy atom. The first-order valence-electron chi connectivity index (χ1n) is 22.2. The molecule has 4 N–H and O–H groups in total. The standard InChI is InChI=1S/C46H72N2O14/c1-10-13-32-19-26(2)18-27(3)20-38(58-8)41-39(59-9)22-29(5)46(56,62-41)42(51)43(52)48-17-12-11-14-33(48)44(53)61-40(30(6)34(49)24-35(32)50)28(4)21-31-15-16-36(37(23-31)57-7)60-25-47-45(54)55/h10,19,21,27,29-34,36-41,47,49,56H,1,11-18,20,22-25H2,2-9H3,(H,54,55)/b26-19+,28-21+/t27-,29+,30+,31?,32+,33-,34-,36+,37+,38-,39-,40+,41+,46+/m0/s1. The van der Waals surface area contributed by atoms with Crippen LogP contribution in [0.5, 0.6) is 0 Å². The molecule has 2 amide bonds. The maximum absolute atomic E-state index is 14.4. The van der Waals surface area contributed by atoms with Crippen molar-refractivity contribution in [2.75, 3.05) is 34.6 Å². The number of nitrogens with zero attached hydrogens (tertiary/aromatic N) is 1. The number of nitrogens with one attached hydrogen (secondary N) is 1. The molecular weight excluding hydrogens is 805 g/mol. The molecule has 350 valence electrons. The van der Waals surface area contributed by atoms with Crippen LogP contribution in [0.3, 0.4) is 0 Å². The topological polar surface area (TPSA) is 217 Å². The number of aliphatic hydroxyl groups excluding tert-OH is 1. The van der Waals surface area contributed by atoms with Gasteiger partial charge >= 0.3 is 12.1 Å². The summed E-state index contributed by atoms with van der Waals surface area (Å²) in [5.41, 5.74) is 1.56. The Morgan fingerprint density at radius 1 is 0.968 bits per heavy atom. The molecule has 3 heterocycles. The smallest absolute Gasteiger partial charge is 0.406 e. The average Bonchev–Trinajstić information content (AvgIpc) is 3.24. The molecule has 2 saturated heterocycles. The largest absolute Gasteiger partial charge is 0.465 e. The summed E-state index contributed by atoms with van der Waals surface area (Å²) in [5, 5.41) is 35.0. The molecular formula is C46H72N2O14. The highest BCUT2D eigenvalue weighted by Gasteiger charge is 2.56. The zero-order valence-electron chi connectivity index (χ0n) is 37.9. The Morgan fingerprint density at radius 2 is 1.65 bits per heavy atom. The highest BCUT2D eigenvalue weighted by molar-refractivity contribution is 6.39. The lowest BCUT2D eigenvalue weighted by Gasteiger charge is -2.47. The molecule has 16 heteroatoms. The molecule has 3 fully saturated rings. The molecule has 1 unspecified atom stereocenters. The predicted molar refractivity (Wildman–Crippen MR) is 227 cm³/mol. The molecule has 0 radical (unpaired) electrons. The van der Waals surface area contributed by atoms with Crippen molar-refractivity contribution in [3.05, 3.63) is 36.0 Å². The SMILES string of the molecule is C=CC[C@@H]1/C=C(\C)C[C@H](C)C[C@H](OC)[C@H]2O[C@@](O)(C(=O)C(=O)N3CCCC[C@H]3C(=O)O[C@H](/C(C)=C/C3CC[C@@H](OCNC(=O)O)[C@H](OC)C3)[C@H](C)[C@@H](O)CC1=O)[C@H](C)C[C@@H]2OC. The first-order chi connectivity index (χ1) is 29.4. The second-order valence-electron chi connectivity index (χ2n) is 18.0. The maximum atomic E-state index is 14.4. The van der Waals surface area contributed by atoms with Crippen molar-refractivity contribution < 1.29 is 67.7 Å². The number of fused-ring (bicyclic) bond motifs is 3. The number of hydrogen-bond acceptors (Lipinski definition) is 13. The molecule has 0 aromatic heterocycles. The fourth-order valence-corrected chi connectivity index (χ4v) is 9.81. The third-order valence-corrected chi connectivity index (χ3v) is 13.4. The third-order valence-electron chi connectivity index (χ3n) is 13.4. The minimum Gasteiger partial charge on any atom is -0.465 e. The number of ketones is 2. The van der Waals surface area contributed by atoms with Gasteiger partial charge in [0.25, 0.3) is 11.7 Å². The second kappa shape index (κ2) is 23.4. The lowest BCUT2D eigenvalue weighted by atomic mass is 9.81. The van der Waals surface area contributed by atoms with Crippen molar-refractivity contribution in [3.63, 3.8) is 0 Å². The molecule has 16 nitrogen and oxygen atoms in total. The summed E-state index contributed by atoms with van der Waals surface area (Å²) in [4.78, 5) is 69.1. The van der Waals surface area contributed by atoms with E-state index in [1.807, 2.05) is 26.0 Å². The fraction of sp³-hybridized carbons (Fsp3) is 0.761. The van der Waals surface area contributed by atoms with E-state index in [1.165, 1.54) is 14.2 Å². The number of carboxylic acid groups (broad SMARTS) is 1. The number of rotatable bonds is 10. The van der Waals surface area contributed by atoms with E-state index in [0.717, 1.165) is 10.5 Å². The van der Waals surface area contributed by atoms with E-state index in [-0.39, 0.29) is 62.4 Å². The van der Waals surface area contributed by atoms with Crippen LogP contribution in [-0.2, 0) is 47.6 Å². The van der Waals surface area contributed by atoms with Gasteiger partial charge in [0.05, 0.1) is 30.5 Å². The first kappa shape index (κ1) is 51.1. The average molecular weight is 877 g/mol. The zero-order chi connectivity index (χ0) is 45.9. The van der Waals surface area contributed by atoms with Crippen molar-refractivity contribution in [2.24, 2.45) is 29.6 Å². The van der Waals surface area contributed by atoms with Crippen molar-refractivity contribution in [3.8, 4) is 0 Å². The van der Waals surface area contributed by atoms with E-state index in [0.29, 0.717) is 56.9 Å². The number of aliphatic hydroxyl groups is 2. The van der Waals surface area contributed by atoms with E-state index < -0.39 is 83.9 Å². The number of methoxy groups -OCH3 is 3. The first-order valence-corrected chi connectivity index (χ1v) is 22.2. The van der Waals surface area contributed by atoms with Crippen molar-refractivity contribution in [1.82, 2.24) is 10.2 Å². The van der Waals surface area contributed by atoms with Crippen LogP contribution in [-0.4, -0.2) is 139 Å². The summed E-state index contributed by atoms with van der Waals surface area (Å²) in [6, 6.07) is -1.18. The van der Waals surface area contributed by atoms with Crippen LogP contribution in [0.15, 0.2) is 36.0 Å². The normalized spacial score (nSPS) is 38.5. The van der Waals surface area contributed by atoms with E-state index in [4.69, 9.17) is 33.5 Å². The monoisotopic (exact) mass is 876 g/mol. The molecule has 3 aliphatic heterocycles. The van der Waals surface area contributed by atoms with Gasteiger partial charge in [-0.1, -0.05) is 44.6 Å². The zero-order valence-corrected chi connectivity index (χ0v) is 37.9. The quantitative estimate of drug-likeness (QED) is 0.0996. The third kappa shape index (κ3) is 12.8. The van der Waals surface area contributed by atoms with E-state index in [9.17, 15) is 34.2 Å². The molecule has 14 atom stereocenters. The van der Waals surface area contributed by atoms with Crippen LogP contribution < -0.4 is 5.32 Å². The van der Waals surface area contributed by atoms with Gasteiger partial charge in [-0.2, -0.15) is 0 Å². The van der Waals surface area contributed by atoms with Gasteiger partial charge in [-0.05, 0) is 95.5 Å². The number of carbonyl (C=O) groups excluding carboxylic acids is 4. The summed E-state index contributed by atoms with van der Waals surface area (Å²) >= 11 is 0. The number of allylic oxidation sites excluding steroid dienone is 4. The van der Waals surface area contributed by atoms with E-state index >= 15 is 0 Å². The number of hydrogen-bond donors (Lipinski definition) is 4. The fourth-order valence-electron chi connectivity index (χ4n) is 9.81. The van der Waals surface area contributed by atoms with E-state index in [1.54, 1.807) is 34.0 Å². The van der Waals surface area contributed by atoms with Crippen molar-refractivity contribution in [2.45, 2.75) is 160 Å². The number of cyclic esters (lactones) is 1. The van der Waals surface area contributed by atoms with Gasteiger partial charge in [-0.25, -0.2) is 9.59 Å². The second-order valence-corrected chi connectivity index (χ2v) is 18.0. The Kier molecular flexibility index (Phi) is 19.3. The van der Waals surface area contributed by atoms with Gasteiger partial charge in [0.15, 0.2) is 0 Å². The van der Waals surface area contributed by atoms with Gasteiger partial charge in [0.2, 0.25) is 5.79 Å². The Bertz CT molecular complexity index is 1630. The molecule has 2 bridgehead atoms. The number of ether oxygens (including phenoxy) is 6. The van der Waals surface area contributed by atoms with Crippen LogP contribution in [0.25, 0.3) is 0 Å². The van der Waals surface area contributed by atoms with Crippen molar-refractivity contribution in [1.29, 1.82) is 0 Å². The minimum atomic E-state index is -2.53. The molecule has 62 heavy (non-hydrogen) atoms. The Hall–Kier alpha value is -3.51. The van der Waals surface area contributed by atoms with Gasteiger partial charge in [-0.3, -0.25) is 19.7 Å². The summed E-state index contributed by atoms with van der Waals surface area (Å²) in [5.74, 6) is -8.05. The minimum absolute atomic E-state index is 0.00948. The van der Waals surface area contributed by atoms with Crippen LogP contribution in [0.4, 0.5) is 4.79 Å². The predicted octanol–water partition coefficient (Wildman–Crippen LogP) is 4.89. The summed E-state index contributed by atoms with van der Waals surface area (Å²) in [7, 11) is 4.59. The molecule has 4 aliphatic rings. The molecule has 1 saturated carbocycles. The van der Waals surface area contributed by atoms with Crippen LogP contribution >= 0.6 is 0 Å². The van der Waals surface area contributed by atoms with Gasteiger partial charge in [-0.15, -0.1) is 6.58 Å². The van der Waals surface area contributed by atoms with Gasteiger partial charge < -0.3 is 48.6 Å². The number of amides is 2. The molecule has 0 aromatic carbocycles. The van der Waals surface area contributed by atoms with Gasteiger partial charge in [0, 0.05) is 52.0 Å².